The van der Waals surface area contributed by atoms with Gasteiger partial charge in [-0.15, -0.1) is 0 Å². The molecule has 1 aromatic heterocycles. The Hall–Kier alpha value is -3.11. The minimum atomic E-state index is -1.29. The Morgan fingerprint density at radius 3 is 2.71 bits per heavy atom. The molecule has 0 aliphatic carbocycles. The molecule has 2 heterocycles. The van der Waals surface area contributed by atoms with Gasteiger partial charge in [-0.1, -0.05) is 24.0 Å². The lowest BCUT2D eigenvalue weighted by Gasteiger charge is -2.22. The summed E-state index contributed by atoms with van der Waals surface area (Å²) in [4.78, 5) is 37.6. The Kier molecular flexibility index (Phi) is 5.52. The first-order chi connectivity index (χ1) is 13.3. The number of hydrogen-bond acceptors (Lipinski definition) is 7. The van der Waals surface area contributed by atoms with Gasteiger partial charge in [0.2, 0.25) is 5.91 Å². The van der Waals surface area contributed by atoms with Gasteiger partial charge in [-0.05, 0) is 31.2 Å². The van der Waals surface area contributed by atoms with Gasteiger partial charge in [-0.2, -0.15) is 0 Å². The van der Waals surface area contributed by atoms with Crippen molar-refractivity contribution in [2.24, 2.45) is 0 Å². The summed E-state index contributed by atoms with van der Waals surface area (Å²) in [6.07, 6.45) is 3.03. The number of carbonyl (C=O) groups excluding carboxylic acids is 2. The van der Waals surface area contributed by atoms with Crippen LogP contribution in [0.2, 0.25) is 0 Å². The third-order valence-electron chi connectivity index (χ3n) is 3.90. The Labute approximate surface area is 168 Å². The summed E-state index contributed by atoms with van der Waals surface area (Å²) in [5, 5.41) is 21.2. The normalized spacial score (nSPS) is 16.5. The number of amides is 2. The summed E-state index contributed by atoms with van der Waals surface area (Å²) in [5.41, 5.74) is -0.0954. The number of rotatable bonds is 5. The molecule has 0 unspecified atom stereocenters. The molecule has 2 aromatic rings. The zero-order valence-corrected chi connectivity index (χ0v) is 16.0. The molecule has 1 aromatic carbocycles. The van der Waals surface area contributed by atoms with E-state index in [0.717, 1.165) is 17.8 Å². The highest BCUT2D eigenvalue weighted by atomic mass is 32.2. The van der Waals surface area contributed by atoms with Crippen LogP contribution in [-0.2, 0) is 9.59 Å². The number of thioether (sulfide) groups is 1. The monoisotopic (exact) mass is 418 g/mol. The number of carboxylic acid groups (broad SMARTS) is 1. The highest BCUT2D eigenvalue weighted by molar-refractivity contribution is 8.26. The molecule has 28 heavy (non-hydrogen) atoms. The average Bonchev–Trinajstić information content (AvgIpc) is 3.22. The van der Waals surface area contributed by atoms with E-state index in [4.69, 9.17) is 21.7 Å². The number of thiocarbonyl (C=S) groups is 1. The topological polar surface area (TPSA) is 120 Å². The van der Waals surface area contributed by atoms with E-state index in [0.29, 0.717) is 10.7 Å². The minimum Gasteiger partial charge on any atom is -0.507 e. The molecule has 144 valence electrons. The maximum absolute atomic E-state index is 12.6. The number of nitrogens with one attached hydrogen (secondary N) is 1. The Balaban J connectivity index is 1.74. The fourth-order valence-electron chi connectivity index (χ4n) is 2.47. The number of furan rings is 1. The largest absolute Gasteiger partial charge is 0.507 e. The lowest BCUT2D eigenvalue weighted by Crippen LogP contribution is -2.44. The Morgan fingerprint density at radius 1 is 1.36 bits per heavy atom. The quantitative estimate of drug-likeness (QED) is 0.501. The molecular weight excluding hydrogens is 404 g/mol. The van der Waals surface area contributed by atoms with Crippen molar-refractivity contribution in [2.75, 3.05) is 5.32 Å². The van der Waals surface area contributed by atoms with E-state index < -0.39 is 29.6 Å². The van der Waals surface area contributed by atoms with Crippen molar-refractivity contribution >= 4 is 57.8 Å². The van der Waals surface area contributed by atoms with Crippen molar-refractivity contribution in [3.05, 3.63) is 52.8 Å². The van der Waals surface area contributed by atoms with Crippen LogP contribution in [0.25, 0.3) is 6.08 Å². The number of carboxylic acids is 1. The van der Waals surface area contributed by atoms with E-state index >= 15 is 0 Å². The first-order valence-corrected chi connectivity index (χ1v) is 9.18. The van der Waals surface area contributed by atoms with Gasteiger partial charge in [0, 0.05) is 17.8 Å². The number of aromatic hydroxyl groups is 1. The lowest BCUT2D eigenvalue weighted by molar-refractivity contribution is -0.129. The number of aromatic carboxylic acids is 1. The second-order valence-electron chi connectivity index (χ2n) is 5.77. The zero-order chi connectivity index (χ0) is 20.4. The summed E-state index contributed by atoms with van der Waals surface area (Å²) < 4.78 is 5.42. The van der Waals surface area contributed by atoms with Gasteiger partial charge in [0.05, 0.1) is 11.2 Å². The molecule has 1 aliphatic heterocycles. The first kappa shape index (κ1) is 19.6. The maximum atomic E-state index is 12.6. The van der Waals surface area contributed by atoms with Crippen molar-refractivity contribution in [1.29, 1.82) is 0 Å². The molecule has 2 amide bonds. The third kappa shape index (κ3) is 3.92. The highest BCUT2D eigenvalue weighted by Crippen LogP contribution is 2.34. The van der Waals surface area contributed by atoms with Crippen LogP contribution in [0.1, 0.15) is 23.0 Å². The predicted molar refractivity (Wildman–Crippen MR) is 107 cm³/mol. The van der Waals surface area contributed by atoms with E-state index in [1.54, 1.807) is 18.2 Å². The van der Waals surface area contributed by atoms with Gasteiger partial charge in [-0.25, -0.2) is 4.79 Å². The van der Waals surface area contributed by atoms with E-state index in [1.165, 1.54) is 30.2 Å². The van der Waals surface area contributed by atoms with Crippen molar-refractivity contribution in [2.45, 2.75) is 13.0 Å². The second kappa shape index (κ2) is 7.87. The second-order valence-corrected chi connectivity index (χ2v) is 7.45. The molecule has 0 saturated carbocycles. The van der Waals surface area contributed by atoms with Gasteiger partial charge in [-0.3, -0.25) is 14.5 Å². The molecule has 1 aliphatic rings. The SMILES string of the molecule is C[C@H](C(=O)Nc1ccc(C(=O)O)c(O)c1)N1C(=O)/C(=C\c2ccco2)SC1=S. The van der Waals surface area contributed by atoms with Gasteiger partial charge in [0.25, 0.3) is 5.91 Å². The van der Waals surface area contributed by atoms with Crippen molar-refractivity contribution in [1.82, 2.24) is 4.90 Å². The average molecular weight is 418 g/mol. The zero-order valence-electron chi connectivity index (χ0n) is 14.4. The fraction of sp³-hybridized carbons (Fsp3) is 0.111. The summed E-state index contributed by atoms with van der Waals surface area (Å²) in [6, 6.07) is 6.09. The molecule has 1 atom stereocenters. The number of hydrogen-bond donors (Lipinski definition) is 3. The van der Waals surface area contributed by atoms with E-state index in [9.17, 15) is 19.5 Å². The molecule has 1 fully saturated rings. The van der Waals surface area contributed by atoms with Crippen LogP contribution in [0.3, 0.4) is 0 Å². The molecule has 8 nitrogen and oxygen atoms in total. The van der Waals surface area contributed by atoms with Gasteiger partial charge >= 0.3 is 5.97 Å². The van der Waals surface area contributed by atoms with Crippen LogP contribution in [0.5, 0.6) is 5.75 Å². The van der Waals surface area contributed by atoms with Crippen LogP contribution in [0.15, 0.2) is 45.9 Å². The van der Waals surface area contributed by atoms with Gasteiger partial charge < -0.3 is 19.9 Å². The number of benzene rings is 1. The Morgan fingerprint density at radius 2 is 2.11 bits per heavy atom. The summed E-state index contributed by atoms with van der Waals surface area (Å²) in [5.74, 6) is -2.24. The van der Waals surface area contributed by atoms with E-state index in [2.05, 4.69) is 5.32 Å². The van der Waals surface area contributed by atoms with E-state index in [1.807, 2.05) is 0 Å². The van der Waals surface area contributed by atoms with Crippen LogP contribution >= 0.6 is 24.0 Å². The van der Waals surface area contributed by atoms with Crippen LogP contribution < -0.4 is 5.32 Å². The van der Waals surface area contributed by atoms with Crippen LogP contribution in [0.4, 0.5) is 5.69 Å². The van der Waals surface area contributed by atoms with Crippen molar-refractivity contribution < 1.29 is 29.0 Å². The summed E-state index contributed by atoms with van der Waals surface area (Å²) >= 11 is 6.29. The number of nitrogens with zero attached hydrogens (tertiary/aromatic N) is 1. The molecule has 0 spiro atoms. The van der Waals surface area contributed by atoms with Gasteiger partial charge in [0.15, 0.2) is 0 Å². The van der Waals surface area contributed by atoms with Crippen molar-refractivity contribution in [3.63, 3.8) is 0 Å². The minimum absolute atomic E-state index is 0.191. The smallest absolute Gasteiger partial charge is 0.339 e. The molecule has 0 bridgehead atoms. The lowest BCUT2D eigenvalue weighted by atomic mass is 10.1. The van der Waals surface area contributed by atoms with Gasteiger partial charge in [0.1, 0.15) is 27.4 Å². The molecule has 1 saturated heterocycles. The highest BCUT2D eigenvalue weighted by Gasteiger charge is 2.38. The summed E-state index contributed by atoms with van der Waals surface area (Å²) in [6.45, 7) is 1.52. The standard InChI is InChI=1S/C18H14N2O6S2/c1-9(15(22)19-10-4-5-12(17(24)25)13(21)7-10)20-16(23)14(28-18(20)27)8-11-3-2-6-26-11/h2-9,21H,1H3,(H,19,22)(H,24,25)/b14-8+/t9-/m1/s1. The predicted octanol–water partition coefficient (Wildman–Crippen LogP) is 2.91. The molecule has 10 heteroatoms. The first-order valence-electron chi connectivity index (χ1n) is 7.95. The number of phenols is 1. The van der Waals surface area contributed by atoms with Crippen LogP contribution in [-0.4, -0.2) is 43.3 Å². The van der Waals surface area contributed by atoms with Crippen molar-refractivity contribution in [3.8, 4) is 5.75 Å². The molecule has 3 rings (SSSR count). The maximum Gasteiger partial charge on any atom is 0.339 e. The molecule has 3 N–H and O–H groups in total. The van der Waals surface area contributed by atoms with E-state index in [-0.39, 0.29) is 15.6 Å². The number of anilines is 1. The number of carbonyl (C=O) groups is 3. The molecule has 0 radical (unpaired) electrons. The summed E-state index contributed by atoms with van der Waals surface area (Å²) in [7, 11) is 0. The Bertz CT molecular complexity index is 1000. The fourth-order valence-corrected chi connectivity index (χ4v) is 3.87. The van der Waals surface area contributed by atoms with Crippen LogP contribution in [0, 0.1) is 0 Å². The third-order valence-corrected chi connectivity index (χ3v) is 5.23. The molecular formula is C18H14N2O6S2.